The Bertz CT molecular complexity index is 2000. The van der Waals surface area contributed by atoms with Crippen LogP contribution in [0, 0.1) is 10.1 Å². The van der Waals surface area contributed by atoms with Crippen LogP contribution in [0.4, 0.5) is 11.4 Å². The van der Waals surface area contributed by atoms with Crippen LogP contribution in [0.2, 0.25) is 0 Å². The Morgan fingerprint density at radius 1 is 0.796 bits per heavy atom. The van der Waals surface area contributed by atoms with E-state index in [1.54, 1.807) is 0 Å². The highest BCUT2D eigenvalue weighted by Crippen LogP contribution is 2.28. The predicted octanol–water partition coefficient (Wildman–Crippen LogP) is 1.94. The average Bonchev–Trinajstić information content (AvgIpc) is 3.57. The van der Waals surface area contributed by atoms with Crippen molar-refractivity contribution < 1.29 is 44.9 Å². The number of nitro groups is 1. The van der Waals surface area contributed by atoms with Crippen molar-refractivity contribution in [1.82, 2.24) is 20.9 Å². The molecule has 0 fully saturated rings. The van der Waals surface area contributed by atoms with Crippen LogP contribution < -0.4 is 21.1 Å². The molecule has 0 aliphatic rings. The van der Waals surface area contributed by atoms with Crippen LogP contribution in [0.25, 0.3) is 11.0 Å². The summed E-state index contributed by atoms with van der Waals surface area (Å²) in [5, 5.41) is 31.8. The Morgan fingerprint density at radius 3 is 2.14 bits per heavy atom. The number of nitro benzene ring substituents is 1. The minimum absolute atomic E-state index is 0.00375. The van der Waals surface area contributed by atoms with Crippen LogP contribution >= 0.6 is 0 Å². The van der Waals surface area contributed by atoms with Gasteiger partial charge in [-0.3, -0.25) is 23.9 Å². The number of aromatic nitrogens is 2. The second-order valence-electron chi connectivity index (χ2n) is 10.3. The maximum absolute atomic E-state index is 12.7. The van der Waals surface area contributed by atoms with Crippen LogP contribution in [0.5, 0.6) is 0 Å². The highest BCUT2D eigenvalue weighted by molar-refractivity contribution is 7.89. The number of fused-ring (bicyclic) bond motifs is 1. The molecule has 0 radical (unpaired) electrons. The zero-order chi connectivity index (χ0) is 35.4. The van der Waals surface area contributed by atoms with Gasteiger partial charge in [-0.15, -0.1) is 0 Å². The van der Waals surface area contributed by atoms with Gasteiger partial charge in [0, 0.05) is 36.8 Å². The normalized spacial score (nSPS) is 11.7. The maximum atomic E-state index is 12.7. The molecular weight excluding hydrogens is 686 g/mol. The van der Waals surface area contributed by atoms with Gasteiger partial charge >= 0.3 is 5.69 Å². The lowest BCUT2D eigenvalue weighted by Crippen LogP contribution is -2.26. The van der Waals surface area contributed by atoms with Crippen LogP contribution in [0.15, 0.2) is 75.1 Å². The van der Waals surface area contributed by atoms with E-state index in [1.165, 1.54) is 60.7 Å². The quantitative estimate of drug-likeness (QED) is 0.0467. The number of nitrogens with two attached hydrogens (primary N) is 1. The molecule has 49 heavy (non-hydrogen) atoms. The van der Waals surface area contributed by atoms with E-state index in [1.807, 2.05) is 0 Å². The standard InChI is InChI=1S/C29H33N7O11S2/c30-48(41,42)22-9-7-20(8-10-22)28(37)32-13-2-1-3-14-33-29(38)21-5-4-6-23(19-21)49(43,44)46-18-17-45-16-15-31-24-11-12-25(36(39)40)27-26(24)34-47-35-27/h4-12,19,31H,1-3,13-18H2,(H,32,37)(H,33,38)(H2,30,41,42). The molecular formula is C29H33N7O11S2. The van der Waals surface area contributed by atoms with Gasteiger partial charge in [0.05, 0.1) is 40.2 Å². The largest absolute Gasteiger partial charge is 0.381 e. The van der Waals surface area contributed by atoms with Gasteiger partial charge in [-0.25, -0.2) is 18.2 Å². The van der Waals surface area contributed by atoms with Gasteiger partial charge in [0.2, 0.25) is 15.5 Å². The van der Waals surface area contributed by atoms with Gasteiger partial charge in [0.1, 0.15) is 0 Å². The van der Waals surface area contributed by atoms with Gasteiger partial charge in [-0.05, 0) is 78.1 Å². The van der Waals surface area contributed by atoms with Crippen LogP contribution in [-0.2, 0) is 29.1 Å². The molecule has 1 heterocycles. The van der Waals surface area contributed by atoms with E-state index >= 15 is 0 Å². The minimum atomic E-state index is -4.18. The van der Waals surface area contributed by atoms with Crippen molar-refractivity contribution in [1.29, 1.82) is 0 Å². The molecule has 18 nitrogen and oxygen atoms in total. The number of nitrogens with one attached hydrogen (secondary N) is 3. The van der Waals surface area contributed by atoms with Crippen molar-refractivity contribution in [3.05, 3.63) is 81.9 Å². The summed E-state index contributed by atoms with van der Waals surface area (Å²) < 4.78 is 63.0. The van der Waals surface area contributed by atoms with Gasteiger partial charge in [-0.1, -0.05) is 6.07 Å². The smallest absolute Gasteiger partial charge is 0.300 e. The SMILES string of the molecule is NS(=O)(=O)c1ccc(C(=O)NCCCCCNC(=O)c2cccc(S(=O)(=O)OCCOCCNc3ccc([N+](=O)[O-])c4nonc34)c2)cc1. The van der Waals surface area contributed by atoms with Crippen molar-refractivity contribution in [3.8, 4) is 0 Å². The monoisotopic (exact) mass is 719 g/mol. The Balaban J connectivity index is 1.10. The Morgan fingerprint density at radius 2 is 1.47 bits per heavy atom. The number of rotatable bonds is 19. The number of hydrogen-bond donors (Lipinski definition) is 4. The molecule has 5 N–H and O–H groups in total. The third-order valence-electron chi connectivity index (χ3n) is 6.87. The maximum Gasteiger partial charge on any atom is 0.300 e. The summed E-state index contributed by atoms with van der Waals surface area (Å²) in [7, 11) is -8.02. The summed E-state index contributed by atoms with van der Waals surface area (Å²) in [4.78, 5) is 35.0. The lowest BCUT2D eigenvalue weighted by molar-refractivity contribution is -0.383. The second-order valence-corrected chi connectivity index (χ2v) is 13.5. The van der Waals surface area contributed by atoms with Crippen LogP contribution in [-0.4, -0.2) is 83.3 Å². The Labute approximate surface area is 280 Å². The number of sulfonamides is 1. The molecule has 262 valence electrons. The number of benzene rings is 3. The molecule has 0 aliphatic heterocycles. The van der Waals surface area contributed by atoms with Gasteiger partial charge < -0.3 is 20.7 Å². The zero-order valence-electron chi connectivity index (χ0n) is 25.9. The molecule has 3 aromatic carbocycles. The first-order valence-electron chi connectivity index (χ1n) is 14.8. The van der Waals surface area contributed by atoms with E-state index in [-0.39, 0.29) is 64.3 Å². The first-order chi connectivity index (χ1) is 23.4. The van der Waals surface area contributed by atoms with E-state index in [9.17, 15) is 36.5 Å². The summed E-state index contributed by atoms with van der Waals surface area (Å²) >= 11 is 0. The summed E-state index contributed by atoms with van der Waals surface area (Å²) in [6.45, 7) is 0.781. The topological polar surface area (TPSA) is 265 Å². The molecule has 0 atom stereocenters. The highest BCUT2D eigenvalue weighted by atomic mass is 32.2. The van der Waals surface area contributed by atoms with E-state index in [2.05, 4.69) is 30.9 Å². The summed E-state index contributed by atoms with van der Waals surface area (Å²) in [5.41, 5.74) is 0.828. The molecule has 1 aromatic heterocycles. The number of non-ortho nitro benzene ring substituents is 1. The van der Waals surface area contributed by atoms with Crippen molar-refractivity contribution in [3.63, 3.8) is 0 Å². The Hall–Kier alpha value is -5.02. The third kappa shape index (κ3) is 10.5. The summed E-state index contributed by atoms with van der Waals surface area (Å²) in [5.74, 6) is -0.821. The van der Waals surface area contributed by atoms with Crippen LogP contribution in [0.1, 0.15) is 40.0 Å². The molecule has 0 unspecified atom stereocenters. The van der Waals surface area contributed by atoms with E-state index in [0.29, 0.717) is 43.6 Å². The number of carbonyl (C=O) groups excluding carboxylic acids is 2. The van der Waals surface area contributed by atoms with Gasteiger partial charge in [0.25, 0.3) is 21.9 Å². The fourth-order valence-corrected chi connectivity index (χ4v) is 5.85. The van der Waals surface area contributed by atoms with Crippen LogP contribution in [0.3, 0.4) is 0 Å². The average molecular weight is 720 g/mol. The highest BCUT2D eigenvalue weighted by Gasteiger charge is 2.20. The van der Waals surface area contributed by atoms with Crippen molar-refractivity contribution in [2.24, 2.45) is 5.14 Å². The molecule has 0 aliphatic carbocycles. The summed E-state index contributed by atoms with van der Waals surface area (Å²) in [6.07, 6.45) is 1.92. The fraction of sp³-hybridized carbons (Fsp3) is 0.310. The number of carbonyl (C=O) groups is 2. The molecule has 0 bridgehead atoms. The Kier molecular flexibility index (Phi) is 12.7. The lowest BCUT2D eigenvalue weighted by Gasteiger charge is -2.10. The van der Waals surface area contributed by atoms with Crippen molar-refractivity contribution in [2.75, 3.05) is 44.8 Å². The van der Waals surface area contributed by atoms with Gasteiger partial charge in [0.15, 0.2) is 5.52 Å². The molecule has 2 amide bonds. The fourth-order valence-electron chi connectivity index (χ4n) is 4.40. The minimum Gasteiger partial charge on any atom is -0.381 e. The molecule has 0 spiro atoms. The number of anilines is 1. The van der Waals surface area contributed by atoms with E-state index in [0.717, 1.165) is 0 Å². The number of ether oxygens (including phenoxy) is 1. The number of unbranched alkanes of at least 4 members (excludes halogenated alkanes) is 2. The molecule has 0 saturated heterocycles. The first kappa shape index (κ1) is 36.8. The number of amides is 2. The van der Waals surface area contributed by atoms with Crippen molar-refractivity contribution >= 4 is 54.4 Å². The molecule has 20 heteroatoms. The zero-order valence-corrected chi connectivity index (χ0v) is 27.5. The van der Waals surface area contributed by atoms with E-state index in [4.69, 9.17) is 14.1 Å². The van der Waals surface area contributed by atoms with Crippen molar-refractivity contribution in [2.45, 2.75) is 29.1 Å². The number of primary sulfonamides is 1. The first-order valence-corrected chi connectivity index (χ1v) is 17.7. The molecule has 4 aromatic rings. The molecule has 0 saturated carbocycles. The summed E-state index contributed by atoms with van der Waals surface area (Å²) in [6, 6.07) is 13.4. The second kappa shape index (κ2) is 16.9. The van der Waals surface area contributed by atoms with Gasteiger partial charge in [-0.2, -0.15) is 8.42 Å². The third-order valence-corrected chi connectivity index (χ3v) is 9.11. The van der Waals surface area contributed by atoms with E-state index < -0.39 is 31.0 Å². The number of hydrogen-bond acceptors (Lipinski definition) is 14. The predicted molar refractivity (Wildman–Crippen MR) is 174 cm³/mol. The number of nitrogens with zero attached hydrogens (tertiary/aromatic N) is 3. The molecule has 4 rings (SSSR count). The lowest BCUT2D eigenvalue weighted by atomic mass is 10.2.